The van der Waals surface area contributed by atoms with Crippen molar-refractivity contribution in [1.82, 2.24) is 0 Å². The fraction of sp³-hybridized carbons (Fsp3) is 1.00. The second-order valence-corrected chi connectivity index (χ2v) is 10.3. The van der Waals surface area contributed by atoms with Crippen LogP contribution in [0.4, 0.5) is 4.39 Å². The Labute approximate surface area is 155 Å². The molecule has 5 heteroatoms. The summed E-state index contributed by atoms with van der Waals surface area (Å²) in [7, 11) is 0. The van der Waals surface area contributed by atoms with Gasteiger partial charge in [0.2, 0.25) is 0 Å². The molecule has 2 N–H and O–H groups in total. The van der Waals surface area contributed by atoms with Crippen LogP contribution in [0.1, 0.15) is 58.8 Å². The molecule has 1 aliphatic heterocycles. The van der Waals surface area contributed by atoms with Gasteiger partial charge in [0, 0.05) is 17.8 Å². The summed E-state index contributed by atoms with van der Waals surface area (Å²) in [5.41, 5.74) is -0.295. The Morgan fingerprint density at radius 3 is 2.42 bits per heavy atom. The molecule has 26 heavy (non-hydrogen) atoms. The summed E-state index contributed by atoms with van der Waals surface area (Å²) in [5, 5.41) is 21.1. The third-order valence-corrected chi connectivity index (χ3v) is 9.38. The minimum Gasteiger partial charge on any atom is -0.393 e. The van der Waals surface area contributed by atoms with Crippen molar-refractivity contribution >= 4 is 0 Å². The van der Waals surface area contributed by atoms with Gasteiger partial charge in [-0.2, -0.15) is 0 Å². The summed E-state index contributed by atoms with van der Waals surface area (Å²) in [5.74, 6) is -0.102. The van der Waals surface area contributed by atoms with Crippen molar-refractivity contribution < 1.29 is 24.1 Å². The van der Waals surface area contributed by atoms with Crippen LogP contribution in [0.15, 0.2) is 0 Å². The van der Waals surface area contributed by atoms with Crippen molar-refractivity contribution in [3.05, 3.63) is 0 Å². The molecule has 5 fully saturated rings. The van der Waals surface area contributed by atoms with Gasteiger partial charge in [-0.1, -0.05) is 13.8 Å². The van der Waals surface area contributed by atoms with Crippen LogP contribution in [-0.4, -0.2) is 47.6 Å². The molecule has 0 bridgehead atoms. The van der Waals surface area contributed by atoms with Gasteiger partial charge >= 0.3 is 0 Å². The topological polar surface area (TPSA) is 58.9 Å². The molecule has 1 saturated heterocycles. The number of halogens is 1. The summed E-state index contributed by atoms with van der Waals surface area (Å²) in [6.07, 6.45) is 3.76. The number of fused-ring (bicyclic) bond motifs is 6. The fourth-order valence-corrected chi connectivity index (χ4v) is 8.16. The van der Waals surface area contributed by atoms with Crippen LogP contribution in [0.2, 0.25) is 0 Å². The Bertz CT molecular complexity index is 578. The fourth-order valence-electron chi connectivity index (χ4n) is 8.16. The molecular formula is C21H33FO4. The van der Waals surface area contributed by atoms with Crippen LogP contribution >= 0.6 is 0 Å². The number of ether oxygens (including phenoxy) is 2. The van der Waals surface area contributed by atoms with Gasteiger partial charge in [0.15, 0.2) is 5.79 Å². The minimum atomic E-state index is -0.924. The first-order valence-electron chi connectivity index (χ1n) is 10.6. The molecule has 1 heterocycles. The highest BCUT2D eigenvalue weighted by molar-refractivity contribution is 5.16. The first-order chi connectivity index (χ1) is 12.3. The van der Waals surface area contributed by atoms with Gasteiger partial charge in [0.05, 0.1) is 25.4 Å². The third kappa shape index (κ3) is 2.09. The van der Waals surface area contributed by atoms with Gasteiger partial charge in [-0.25, -0.2) is 4.39 Å². The third-order valence-electron chi connectivity index (χ3n) is 9.38. The summed E-state index contributed by atoms with van der Waals surface area (Å²) in [4.78, 5) is 0. The van der Waals surface area contributed by atoms with Crippen molar-refractivity contribution in [2.75, 3.05) is 13.2 Å². The molecule has 148 valence electrons. The molecule has 9 atom stereocenters. The van der Waals surface area contributed by atoms with E-state index in [-0.39, 0.29) is 34.7 Å². The highest BCUT2D eigenvalue weighted by Crippen LogP contribution is 2.69. The molecule has 4 nitrogen and oxygen atoms in total. The molecule has 4 aliphatic carbocycles. The Morgan fingerprint density at radius 2 is 1.69 bits per heavy atom. The Hall–Kier alpha value is -0.230. The van der Waals surface area contributed by atoms with Crippen molar-refractivity contribution in [3.63, 3.8) is 0 Å². The maximum absolute atomic E-state index is 15.4. The molecule has 5 rings (SSSR count). The molecule has 0 aromatic rings. The average Bonchev–Trinajstić information content (AvgIpc) is 3.14. The van der Waals surface area contributed by atoms with E-state index in [0.29, 0.717) is 38.4 Å². The average molecular weight is 368 g/mol. The lowest BCUT2D eigenvalue weighted by Crippen LogP contribution is -2.60. The normalized spacial score (nSPS) is 58.3. The molecule has 0 radical (unpaired) electrons. The zero-order valence-corrected chi connectivity index (χ0v) is 16.0. The molecule has 9 unspecified atom stereocenters. The van der Waals surface area contributed by atoms with E-state index in [1.807, 2.05) is 0 Å². The van der Waals surface area contributed by atoms with Crippen molar-refractivity contribution in [1.29, 1.82) is 0 Å². The van der Waals surface area contributed by atoms with Crippen molar-refractivity contribution in [3.8, 4) is 0 Å². The van der Waals surface area contributed by atoms with E-state index in [9.17, 15) is 10.2 Å². The Balaban J connectivity index is 1.51. The first kappa shape index (κ1) is 17.8. The lowest BCUT2D eigenvalue weighted by Gasteiger charge is -2.62. The van der Waals surface area contributed by atoms with Crippen LogP contribution in [0.5, 0.6) is 0 Å². The minimum absolute atomic E-state index is 0.00968. The lowest BCUT2D eigenvalue weighted by molar-refractivity contribution is -0.253. The number of aliphatic hydroxyl groups is 2. The first-order valence-corrected chi connectivity index (χ1v) is 10.6. The molecular weight excluding hydrogens is 335 g/mol. The number of aliphatic hydroxyl groups excluding tert-OH is 2. The molecule has 0 amide bonds. The van der Waals surface area contributed by atoms with Crippen LogP contribution in [0.3, 0.4) is 0 Å². The van der Waals surface area contributed by atoms with Gasteiger partial charge in [-0.3, -0.25) is 0 Å². The van der Waals surface area contributed by atoms with Crippen molar-refractivity contribution in [2.24, 2.45) is 34.5 Å². The van der Waals surface area contributed by atoms with Crippen LogP contribution in [0.25, 0.3) is 0 Å². The number of hydrogen-bond acceptors (Lipinski definition) is 4. The smallest absolute Gasteiger partial charge is 0.176 e. The van der Waals surface area contributed by atoms with Crippen LogP contribution in [0, 0.1) is 34.5 Å². The van der Waals surface area contributed by atoms with E-state index in [4.69, 9.17) is 9.47 Å². The molecule has 0 aromatic heterocycles. The van der Waals surface area contributed by atoms with Gasteiger partial charge in [-0.05, 0) is 61.7 Å². The van der Waals surface area contributed by atoms with Gasteiger partial charge in [-0.15, -0.1) is 0 Å². The number of rotatable bonds is 0. The predicted molar refractivity (Wildman–Crippen MR) is 94.0 cm³/mol. The maximum atomic E-state index is 15.4. The van der Waals surface area contributed by atoms with E-state index in [0.717, 1.165) is 25.7 Å². The molecule has 1 spiro atoms. The summed E-state index contributed by atoms with van der Waals surface area (Å²) >= 11 is 0. The van der Waals surface area contributed by atoms with Gasteiger partial charge < -0.3 is 19.7 Å². The monoisotopic (exact) mass is 368 g/mol. The Morgan fingerprint density at radius 1 is 0.962 bits per heavy atom. The standard InChI is InChI=1S/C21H33FO4/c1-19-5-3-12(23)9-15(19)17(24)10-13-14(19)4-6-20(2)18(13)16(22)11-21(20)25-7-8-26-21/h12-18,23-24H,3-11H2,1-2H3. The van der Waals surface area contributed by atoms with E-state index in [1.54, 1.807) is 0 Å². The second kappa shape index (κ2) is 5.65. The highest BCUT2D eigenvalue weighted by Gasteiger charge is 2.71. The molecule has 0 aromatic carbocycles. The quantitative estimate of drug-likeness (QED) is 0.690. The van der Waals surface area contributed by atoms with Gasteiger partial charge in [0.25, 0.3) is 0 Å². The Kier molecular flexibility index (Phi) is 3.88. The van der Waals surface area contributed by atoms with E-state index in [2.05, 4.69) is 13.8 Å². The SMILES string of the molecule is CC12CCC(O)CC1C(O)CC1C2CCC2(C)C1C(F)CC21OCCO1. The van der Waals surface area contributed by atoms with Crippen molar-refractivity contribution in [2.45, 2.75) is 83.0 Å². The summed E-state index contributed by atoms with van der Waals surface area (Å²) in [6.45, 7) is 5.59. The highest BCUT2D eigenvalue weighted by atomic mass is 19.1. The summed E-state index contributed by atoms with van der Waals surface area (Å²) < 4.78 is 27.5. The number of alkyl halides is 1. The lowest BCUT2D eigenvalue weighted by atomic mass is 9.44. The zero-order valence-electron chi connectivity index (χ0n) is 16.0. The zero-order chi connectivity index (χ0) is 18.3. The largest absolute Gasteiger partial charge is 0.393 e. The number of hydrogen-bond donors (Lipinski definition) is 2. The van der Waals surface area contributed by atoms with E-state index < -0.39 is 18.1 Å². The second-order valence-electron chi connectivity index (χ2n) is 10.3. The predicted octanol–water partition coefficient (Wildman–Crippen LogP) is 3.05. The maximum Gasteiger partial charge on any atom is 0.176 e. The van der Waals surface area contributed by atoms with Gasteiger partial charge in [0.1, 0.15) is 6.17 Å². The summed E-state index contributed by atoms with van der Waals surface area (Å²) in [6, 6.07) is 0. The van der Waals surface area contributed by atoms with Crippen LogP contribution < -0.4 is 0 Å². The van der Waals surface area contributed by atoms with E-state index >= 15 is 4.39 Å². The molecule has 4 saturated carbocycles. The van der Waals surface area contributed by atoms with E-state index in [1.165, 1.54) is 0 Å². The molecule has 5 aliphatic rings. The van der Waals surface area contributed by atoms with Crippen LogP contribution in [-0.2, 0) is 9.47 Å².